The fraction of sp³-hybridized carbons (Fsp3) is 0.857. The first-order chi connectivity index (χ1) is 8.93. The first-order valence-corrected chi connectivity index (χ1v) is 7.15. The minimum absolute atomic E-state index is 0.0185. The van der Waals surface area contributed by atoms with Gasteiger partial charge in [-0.05, 0) is 39.5 Å². The van der Waals surface area contributed by atoms with E-state index in [9.17, 15) is 9.59 Å². The van der Waals surface area contributed by atoms with Crippen LogP contribution in [0.1, 0.15) is 40.0 Å². The number of nitrogens with zero attached hydrogens (tertiary/aromatic N) is 1. The van der Waals surface area contributed by atoms with Crippen LogP contribution in [-0.4, -0.2) is 48.1 Å². The average molecular weight is 268 g/mol. The van der Waals surface area contributed by atoms with Gasteiger partial charge in [0.25, 0.3) is 0 Å². The molecule has 2 fully saturated rings. The van der Waals surface area contributed by atoms with Crippen molar-refractivity contribution >= 4 is 11.8 Å². The van der Waals surface area contributed by atoms with Crippen molar-refractivity contribution in [3.63, 3.8) is 0 Å². The van der Waals surface area contributed by atoms with E-state index in [0.29, 0.717) is 32.0 Å². The lowest BCUT2D eigenvalue weighted by Gasteiger charge is -2.32. The zero-order valence-electron chi connectivity index (χ0n) is 12.1. The van der Waals surface area contributed by atoms with Gasteiger partial charge in [-0.2, -0.15) is 0 Å². The Morgan fingerprint density at radius 2 is 2.11 bits per heavy atom. The van der Waals surface area contributed by atoms with Gasteiger partial charge < -0.3 is 15.0 Å². The van der Waals surface area contributed by atoms with Crippen molar-refractivity contribution in [3.8, 4) is 0 Å². The van der Waals surface area contributed by atoms with Gasteiger partial charge in [-0.1, -0.05) is 0 Å². The lowest BCUT2D eigenvalue weighted by Crippen LogP contribution is -2.57. The van der Waals surface area contributed by atoms with E-state index >= 15 is 0 Å². The molecule has 1 aliphatic heterocycles. The minimum atomic E-state index is -0.703. The summed E-state index contributed by atoms with van der Waals surface area (Å²) in [6.45, 7) is 7.40. The Labute approximate surface area is 114 Å². The molecule has 0 bridgehead atoms. The summed E-state index contributed by atoms with van der Waals surface area (Å²) in [7, 11) is 0. The Bertz CT molecular complexity index is 366. The summed E-state index contributed by atoms with van der Waals surface area (Å²) in [5, 5.41) is 2.93. The normalized spacial score (nSPS) is 28.5. The molecule has 5 heteroatoms. The number of carbonyl (C=O) groups excluding carboxylic acids is 2. The molecule has 1 unspecified atom stereocenters. The summed E-state index contributed by atoms with van der Waals surface area (Å²) >= 11 is 0. The predicted octanol–water partition coefficient (Wildman–Crippen LogP) is 0.929. The number of hydrogen-bond acceptors (Lipinski definition) is 3. The standard InChI is InChI=1S/C14H24N2O3/c1-10(2)19-9-8-16-7-6-12(17)15-14(3,13(16)18)11-4-5-11/h10-11H,4-9H2,1-3H3,(H,15,17). The van der Waals surface area contributed by atoms with Crippen molar-refractivity contribution in [2.45, 2.75) is 51.7 Å². The van der Waals surface area contributed by atoms with Gasteiger partial charge in [0.2, 0.25) is 11.8 Å². The summed E-state index contributed by atoms with van der Waals surface area (Å²) < 4.78 is 5.51. The Hall–Kier alpha value is -1.10. The van der Waals surface area contributed by atoms with Gasteiger partial charge in [0.15, 0.2) is 0 Å². The molecule has 1 atom stereocenters. The second kappa shape index (κ2) is 5.49. The van der Waals surface area contributed by atoms with E-state index in [-0.39, 0.29) is 17.9 Å². The smallest absolute Gasteiger partial charge is 0.248 e. The average Bonchev–Trinajstić information content (AvgIpc) is 3.15. The van der Waals surface area contributed by atoms with Crippen LogP contribution < -0.4 is 5.32 Å². The molecule has 19 heavy (non-hydrogen) atoms. The van der Waals surface area contributed by atoms with Crippen LogP contribution in [0.2, 0.25) is 0 Å². The third-order valence-electron chi connectivity index (χ3n) is 3.95. The van der Waals surface area contributed by atoms with E-state index in [1.54, 1.807) is 4.90 Å². The first-order valence-electron chi connectivity index (χ1n) is 7.15. The molecule has 5 nitrogen and oxygen atoms in total. The third kappa shape index (κ3) is 3.26. The Morgan fingerprint density at radius 3 is 2.68 bits per heavy atom. The van der Waals surface area contributed by atoms with E-state index in [1.165, 1.54) is 0 Å². The quantitative estimate of drug-likeness (QED) is 0.807. The van der Waals surface area contributed by atoms with Crippen LogP contribution in [0.25, 0.3) is 0 Å². The second-order valence-electron chi connectivity index (χ2n) is 5.99. The maximum atomic E-state index is 12.6. The topological polar surface area (TPSA) is 58.6 Å². The van der Waals surface area contributed by atoms with Crippen LogP contribution in [-0.2, 0) is 14.3 Å². The molecule has 2 aliphatic rings. The van der Waals surface area contributed by atoms with Gasteiger partial charge in [0, 0.05) is 19.5 Å². The second-order valence-corrected chi connectivity index (χ2v) is 5.99. The molecular weight excluding hydrogens is 244 g/mol. The van der Waals surface area contributed by atoms with Crippen molar-refractivity contribution in [1.29, 1.82) is 0 Å². The first kappa shape index (κ1) is 14.3. The predicted molar refractivity (Wildman–Crippen MR) is 71.6 cm³/mol. The number of carbonyl (C=O) groups is 2. The van der Waals surface area contributed by atoms with Gasteiger partial charge >= 0.3 is 0 Å². The molecule has 0 radical (unpaired) electrons. The molecule has 1 saturated carbocycles. The van der Waals surface area contributed by atoms with Gasteiger partial charge in [-0.25, -0.2) is 0 Å². The van der Waals surface area contributed by atoms with E-state index in [2.05, 4.69) is 5.32 Å². The monoisotopic (exact) mass is 268 g/mol. The molecule has 0 aromatic carbocycles. The maximum Gasteiger partial charge on any atom is 0.248 e. The van der Waals surface area contributed by atoms with E-state index in [4.69, 9.17) is 4.74 Å². The fourth-order valence-electron chi connectivity index (χ4n) is 2.62. The SMILES string of the molecule is CC(C)OCCN1CCC(=O)NC(C)(C2CC2)C1=O. The summed E-state index contributed by atoms with van der Waals surface area (Å²) in [5.41, 5.74) is -0.703. The van der Waals surface area contributed by atoms with Gasteiger partial charge in [0.1, 0.15) is 5.54 Å². The molecule has 1 N–H and O–H groups in total. The largest absolute Gasteiger partial charge is 0.377 e. The highest BCUT2D eigenvalue weighted by molar-refractivity contribution is 5.93. The molecule has 108 valence electrons. The van der Waals surface area contributed by atoms with E-state index in [1.807, 2.05) is 20.8 Å². The third-order valence-corrected chi connectivity index (χ3v) is 3.95. The Kier molecular flexibility index (Phi) is 4.13. The van der Waals surface area contributed by atoms with Crippen molar-refractivity contribution in [2.75, 3.05) is 19.7 Å². The van der Waals surface area contributed by atoms with Crippen LogP contribution in [0.3, 0.4) is 0 Å². The fourth-order valence-corrected chi connectivity index (χ4v) is 2.62. The highest BCUT2D eigenvalue weighted by Crippen LogP contribution is 2.41. The Morgan fingerprint density at radius 1 is 1.42 bits per heavy atom. The van der Waals surface area contributed by atoms with Crippen LogP contribution in [0.15, 0.2) is 0 Å². The van der Waals surface area contributed by atoms with Gasteiger partial charge in [-0.3, -0.25) is 9.59 Å². The van der Waals surface area contributed by atoms with Crippen LogP contribution in [0.4, 0.5) is 0 Å². The highest BCUT2D eigenvalue weighted by Gasteiger charge is 2.50. The van der Waals surface area contributed by atoms with Crippen LogP contribution in [0, 0.1) is 5.92 Å². The van der Waals surface area contributed by atoms with Crippen LogP contribution in [0.5, 0.6) is 0 Å². The molecule has 1 aliphatic carbocycles. The molecule has 0 spiro atoms. The van der Waals surface area contributed by atoms with E-state index in [0.717, 1.165) is 12.8 Å². The van der Waals surface area contributed by atoms with Crippen molar-refractivity contribution in [2.24, 2.45) is 5.92 Å². The molecular formula is C14H24N2O3. The lowest BCUT2D eigenvalue weighted by molar-refractivity contribution is -0.139. The molecule has 2 rings (SSSR count). The van der Waals surface area contributed by atoms with Gasteiger partial charge in [0.05, 0.1) is 12.7 Å². The van der Waals surface area contributed by atoms with Crippen molar-refractivity contribution in [3.05, 3.63) is 0 Å². The molecule has 1 heterocycles. The zero-order valence-corrected chi connectivity index (χ0v) is 12.1. The maximum absolute atomic E-state index is 12.6. The van der Waals surface area contributed by atoms with Crippen LogP contribution >= 0.6 is 0 Å². The Balaban J connectivity index is 2.02. The molecule has 2 amide bonds. The molecule has 0 aromatic rings. The zero-order chi connectivity index (χ0) is 14.0. The summed E-state index contributed by atoms with van der Waals surface area (Å²) in [4.78, 5) is 26.2. The van der Waals surface area contributed by atoms with Gasteiger partial charge in [-0.15, -0.1) is 0 Å². The van der Waals surface area contributed by atoms with Crippen molar-refractivity contribution < 1.29 is 14.3 Å². The number of nitrogens with one attached hydrogen (secondary N) is 1. The highest BCUT2D eigenvalue weighted by atomic mass is 16.5. The van der Waals surface area contributed by atoms with Crippen molar-refractivity contribution in [1.82, 2.24) is 10.2 Å². The minimum Gasteiger partial charge on any atom is -0.377 e. The number of hydrogen-bond donors (Lipinski definition) is 1. The number of ether oxygens (including phenoxy) is 1. The lowest BCUT2D eigenvalue weighted by atomic mass is 9.94. The number of rotatable bonds is 5. The number of amides is 2. The van der Waals surface area contributed by atoms with E-state index < -0.39 is 5.54 Å². The summed E-state index contributed by atoms with van der Waals surface area (Å²) in [6.07, 6.45) is 2.60. The summed E-state index contributed by atoms with van der Waals surface area (Å²) in [6, 6.07) is 0. The molecule has 1 saturated heterocycles. The molecule has 0 aromatic heterocycles. The summed E-state index contributed by atoms with van der Waals surface area (Å²) in [5.74, 6) is 0.332.